The molecule has 2 rings (SSSR count). The molecular formula is C15H20ClNO3. The maximum absolute atomic E-state index is 11.5. The van der Waals surface area contributed by atoms with Gasteiger partial charge in [0.1, 0.15) is 6.04 Å². The zero-order valence-corrected chi connectivity index (χ0v) is 12.6. The zero-order chi connectivity index (χ0) is 14.8. The van der Waals surface area contributed by atoms with Gasteiger partial charge in [0.15, 0.2) is 0 Å². The van der Waals surface area contributed by atoms with Crippen molar-refractivity contribution in [2.24, 2.45) is 0 Å². The Balaban J connectivity index is 2.07. The Kier molecular flexibility index (Phi) is 4.68. The van der Waals surface area contributed by atoms with Crippen LogP contribution in [0, 0.1) is 0 Å². The number of carbonyl (C=O) groups is 1. The molecule has 1 saturated heterocycles. The fourth-order valence-corrected chi connectivity index (χ4v) is 3.02. The summed E-state index contributed by atoms with van der Waals surface area (Å²) in [6.45, 7) is 3.10. The highest BCUT2D eigenvalue weighted by Gasteiger charge is 2.37. The van der Waals surface area contributed by atoms with E-state index in [1.807, 2.05) is 30.0 Å². The number of halogens is 1. The summed E-state index contributed by atoms with van der Waals surface area (Å²) in [5, 5.41) is 11.4. The third-order valence-electron chi connectivity index (χ3n) is 4.09. The van der Waals surface area contributed by atoms with Gasteiger partial charge >= 0.3 is 5.97 Å². The van der Waals surface area contributed by atoms with Crippen molar-refractivity contribution in [2.45, 2.75) is 31.4 Å². The predicted octanol–water partition coefficient (Wildman–Crippen LogP) is 2.18. The van der Waals surface area contributed by atoms with E-state index in [1.165, 1.54) is 7.11 Å². The van der Waals surface area contributed by atoms with Gasteiger partial charge in [-0.15, -0.1) is 0 Å². The average molecular weight is 298 g/mol. The van der Waals surface area contributed by atoms with Gasteiger partial charge in [-0.2, -0.15) is 0 Å². The molecule has 1 atom stereocenters. The molecule has 1 aromatic carbocycles. The van der Waals surface area contributed by atoms with Crippen LogP contribution in [0.15, 0.2) is 24.3 Å². The standard InChI is InChI=1S/C15H20ClNO3/c1-11(14(18)20-2)17-9-7-15(19,8-10-17)12-5-3-4-6-13(12)16/h3-6,11,19H,7-10H2,1-2H3. The van der Waals surface area contributed by atoms with Gasteiger partial charge in [-0.3, -0.25) is 9.69 Å². The lowest BCUT2D eigenvalue weighted by Gasteiger charge is -2.40. The Morgan fingerprint density at radius 1 is 1.40 bits per heavy atom. The Labute approximate surface area is 124 Å². The molecule has 0 amide bonds. The number of aliphatic hydroxyl groups is 1. The van der Waals surface area contributed by atoms with Crippen LogP contribution >= 0.6 is 11.6 Å². The largest absolute Gasteiger partial charge is 0.468 e. The summed E-state index contributed by atoms with van der Waals surface area (Å²) >= 11 is 6.17. The minimum atomic E-state index is -0.912. The van der Waals surface area contributed by atoms with Crippen molar-refractivity contribution in [3.63, 3.8) is 0 Å². The van der Waals surface area contributed by atoms with Gasteiger partial charge in [-0.25, -0.2) is 0 Å². The first-order chi connectivity index (χ1) is 9.48. The van der Waals surface area contributed by atoms with Crippen LogP contribution in [-0.2, 0) is 15.1 Å². The van der Waals surface area contributed by atoms with Gasteiger partial charge in [0.05, 0.1) is 12.7 Å². The molecule has 1 aromatic rings. The van der Waals surface area contributed by atoms with Crippen molar-refractivity contribution in [3.05, 3.63) is 34.9 Å². The quantitative estimate of drug-likeness (QED) is 0.869. The second-order valence-electron chi connectivity index (χ2n) is 5.25. The molecule has 0 spiro atoms. The van der Waals surface area contributed by atoms with Gasteiger partial charge < -0.3 is 9.84 Å². The number of benzene rings is 1. The number of hydrogen-bond donors (Lipinski definition) is 1. The van der Waals surface area contributed by atoms with E-state index in [0.717, 1.165) is 5.56 Å². The smallest absolute Gasteiger partial charge is 0.322 e. The van der Waals surface area contributed by atoms with Crippen molar-refractivity contribution in [1.82, 2.24) is 4.90 Å². The average Bonchev–Trinajstić information content (AvgIpc) is 2.47. The molecule has 110 valence electrons. The van der Waals surface area contributed by atoms with E-state index in [2.05, 4.69) is 0 Å². The molecule has 4 nitrogen and oxygen atoms in total. The number of nitrogens with zero attached hydrogens (tertiary/aromatic N) is 1. The molecule has 1 unspecified atom stereocenters. The fourth-order valence-electron chi connectivity index (χ4n) is 2.71. The number of piperidine rings is 1. The lowest BCUT2D eigenvalue weighted by molar-refractivity contribution is -0.148. The van der Waals surface area contributed by atoms with Crippen molar-refractivity contribution in [1.29, 1.82) is 0 Å². The molecule has 0 aliphatic carbocycles. The van der Waals surface area contributed by atoms with Gasteiger partial charge in [-0.1, -0.05) is 29.8 Å². The van der Waals surface area contributed by atoms with E-state index in [-0.39, 0.29) is 12.0 Å². The lowest BCUT2D eigenvalue weighted by Crippen LogP contribution is -2.48. The molecule has 0 bridgehead atoms. The normalized spacial score (nSPS) is 20.4. The highest BCUT2D eigenvalue weighted by Crippen LogP contribution is 2.37. The minimum Gasteiger partial charge on any atom is -0.468 e. The molecule has 0 aromatic heterocycles. The Morgan fingerprint density at radius 2 is 2.00 bits per heavy atom. The van der Waals surface area contributed by atoms with Crippen LogP contribution in [0.1, 0.15) is 25.3 Å². The van der Waals surface area contributed by atoms with Crippen LogP contribution < -0.4 is 0 Å². The number of methoxy groups -OCH3 is 1. The third-order valence-corrected chi connectivity index (χ3v) is 4.42. The number of rotatable bonds is 3. The first-order valence-corrected chi connectivity index (χ1v) is 7.15. The summed E-state index contributed by atoms with van der Waals surface area (Å²) in [4.78, 5) is 13.6. The minimum absolute atomic E-state index is 0.242. The summed E-state index contributed by atoms with van der Waals surface area (Å²) in [5.41, 5.74) is -0.142. The topological polar surface area (TPSA) is 49.8 Å². The molecular weight excluding hydrogens is 278 g/mol. The second-order valence-corrected chi connectivity index (χ2v) is 5.65. The van der Waals surface area contributed by atoms with Gasteiger partial charge in [0.2, 0.25) is 0 Å². The number of hydrogen-bond acceptors (Lipinski definition) is 4. The first kappa shape index (κ1) is 15.3. The molecule has 1 aliphatic heterocycles. The number of ether oxygens (including phenoxy) is 1. The highest BCUT2D eigenvalue weighted by atomic mass is 35.5. The molecule has 1 fully saturated rings. The molecule has 20 heavy (non-hydrogen) atoms. The van der Waals surface area contributed by atoms with Gasteiger partial charge in [0, 0.05) is 23.7 Å². The second kappa shape index (κ2) is 6.12. The van der Waals surface area contributed by atoms with Crippen LogP contribution in [0.4, 0.5) is 0 Å². The van der Waals surface area contributed by atoms with E-state index in [1.54, 1.807) is 6.07 Å². The number of likely N-dealkylation sites (tertiary alicyclic amines) is 1. The van der Waals surface area contributed by atoms with Crippen molar-refractivity contribution < 1.29 is 14.6 Å². The van der Waals surface area contributed by atoms with Crippen LogP contribution in [0.3, 0.4) is 0 Å². The maximum atomic E-state index is 11.5. The summed E-state index contributed by atoms with van der Waals surface area (Å²) in [5.74, 6) is -0.242. The van der Waals surface area contributed by atoms with Crippen molar-refractivity contribution in [3.8, 4) is 0 Å². The molecule has 1 N–H and O–H groups in total. The van der Waals surface area contributed by atoms with Gasteiger partial charge in [0.25, 0.3) is 0 Å². The first-order valence-electron chi connectivity index (χ1n) is 6.77. The summed E-state index contributed by atoms with van der Waals surface area (Å²) in [6.07, 6.45) is 1.11. The lowest BCUT2D eigenvalue weighted by atomic mass is 9.84. The van der Waals surface area contributed by atoms with E-state index in [0.29, 0.717) is 31.0 Å². The molecule has 0 radical (unpaired) electrons. The summed E-state index contributed by atoms with van der Waals surface area (Å²) in [6, 6.07) is 7.10. The maximum Gasteiger partial charge on any atom is 0.322 e. The Morgan fingerprint density at radius 3 is 2.55 bits per heavy atom. The van der Waals surface area contributed by atoms with Crippen molar-refractivity contribution >= 4 is 17.6 Å². The van der Waals surface area contributed by atoms with Gasteiger partial charge in [-0.05, 0) is 25.8 Å². The highest BCUT2D eigenvalue weighted by molar-refractivity contribution is 6.31. The molecule has 1 heterocycles. The SMILES string of the molecule is COC(=O)C(C)N1CCC(O)(c2ccccc2Cl)CC1. The Bertz CT molecular complexity index is 484. The van der Waals surface area contributed by atoms with Crippen LogP contribution in [0.25, 0.3) is 0 Å². The monoisotopic (exact) mass is 297 g/mol. The predicted molar refractivity (Wildman–Crippen MR) is 77.6 cm³/mol. The molecule has 5 heteroatoms. The number of carbonyl (C=O) groups excluding carboxylic acids is 1. The van der Waals surface area contributed by atoms with E-state index < -0.39 is 5.60 Å². The van der Waals surface area contributed by atoms with E-state index in [4.69, 9.17) is 16.3 Å². The van der Waals surface area contributed by atoms with E-state index in [9.17, 15) is 9.90 Å². The molecule has 0 saturated carbocycles. The van der Waals surface area contributed by atoms with Crippen LogP contribution in [0.2, 0.25) is 5.02 Å². The third kappa shape index (κ3) is 2.97. The summed E-state index contributed by atoms with van der Waals surface area (Å²) < 4.78 is 4.76. The molecule has 1 aliphatic rings. The van der Waals surface area contributed by atoms with Crippen molar-refractivity contribution in [2.75, 3.05) is 20.2 Å². The Hall–Kier alpha value is -1.10. The fraction of sp³-hybridized carbons (Fsp3) is 0.533. The zero-order valence-electron chi connectivity index (χ0n) is 11.8. The van der Waals surface area contributed by atoms with Crippen LogP contribution in [-0.4, -0.2) is 42.2 Å². The van der Waals surface area contributed by atoms with Crippen LogP contribution in [0.5, 0.6) is 0 Å². The summed E-state index contributed by atoms with van der Waals surface area (Å²) in [7, 11) is 1.39. The van der Waals surface area contributed by atoms with E-state index >= 15 is 0 Å². The number of esters is 1.